The smallest absolute Gasteiger partial charge is 0.252 e. The van der Waals surface area contributed by atoms with Crippen LogP contribution in [0.1, 0.15) is 34.9 Å². The van der Waals surface area contributed by atoms with Crippen LogP contribution in [0.2, 0.25) is 0 Å². The zero-order chi connectivity index (χ0) is 15.8. The van der Waals surface area contributed by atoms with Gasteiger partial charge in [0.15, 0.2) is 5.82 Å². The van der Waals surface area contributed by atoms with Crippen molar-refractivity contribution in [1.29, 1.82) is 0 Å². The maximum absolute atomic E-state index is 4.74. The third kappa shape index (κ3) is 2.82. The normalized spacial score (nSPS) is 14.3. The van der Waals surface area contributed by atoms with Crippen molar-refractivity contribution in [3.63, 3.8) is 0 Å². The van der Waals surface area contributed by atoms with Gasteiger partial charge in [-0.2, -0.15) is 4.98 Å². The average molecular weight is 323 g/mol. The molecule has 0 saturated carbocycles. The van der Waals surface area contributed by atoms with Crippen LogP contribution in [-0.4, -0.2) is 25.3 Å². The van der Waals surface area contributed by atoms with Crippen molar-refractivity contribution in [3.8, 4) is 0 Å². The van der Waals surface area contributed by atoms with Gasteiger partial charge in [-0.3, -0.25) is 4.99 Å². The fraction of sp³-hybridized carbons (Fsp3) is 0.294. The highest BCUT2D eigenvalue weighted by atomic mass is 32.1. The molecule has 23 heavy (non-hydrogen) atoms. The lowest BCUT2D eigenvalue weighted by molar-refractivity contribution is 0.833. The van der Waals surface area contributed by atoms with Gasteiger partial charge < -0.3 is 0 Å². The molecule has 0 bridgehead atoms. The van der Waals surface area contributed by atoms with E-state index in [-0.39, 0.29) is 0 Å². The number of aryl methyl sites for hydroxylation is 3. The Kier molecular flexibility index (Phi) is 3.53. The van der Waals surface area contributed by atoms with E-state index in [0.29, 0.717) is 5.78 Å². The maximum atomic E-state index is 4.74. The summed E-state index contributed by atoms with van der Waals surface area (Å²) in [6.07, 6.45) is 4.82. The van der Waals surface area contributed by atoms with Gasteiger partial charge in [-0.15, -0.1) is 16.4 Å². The predicted molar refractivity (Wildman–Crippen MR) is 92.9 cm³/mol. The van der Waals surface area contributed by atoms with E-state index in [4.69, 9.17) is 4.99 Å². The van der Waals surface area contributed by atoms with Gasteiger partial charge in [-0.25, -0.2) is 9.50 Å². The minimum atomic E-state index is 0.684. The lowest BCUT2D eigenvalue weighted by Gasteiger charge is -1.97. The SMILES string of the molecule is Cc1cc(C)n2nc(CCC3=NC(c4cccs4)=CC3)nc2n1. The van der Waals surface area contributed by atoms with Gasteiger partial charge >= 0.3 is 0 Å². The first-order chi connectivity index (χ1) is 11.2. The van der Waals surface area contributed by atoms with Crippen molar-refractivity contribution in [2.75, 3.05) is 0 Å². The van der Waals surface area contributed by atoms with Crippen molar-refractivity contribution in [2.24, 2.45) is 4.99 Å². The van der Waals surface area contributed by atoms with Crippen LogP contribution in [0.15, 0.2) is 34.6 Å². The molecule has 0 fully saturated rings. The van der Waals surface area contributed by atoms with Gasteiger partial charge in [-0.1, -0.05) is 12.1 Å². The fourth-order valence-electron chi connectivity index (χ4n) is 2.78. The number of aliphatic imine (C=N–C) groups is 1. The van der Waals surface area contributed by atoms with Crippen LogP contribution in [0, 0.1) is 13.8 Å². The molecule has 0 N–H and O–H groups in total. The third-order valence-corrected chi connectivity index (χ3v) is 4.77. The van der Waals surface area contributed by atoms with Crippen LogP contribution < -0.4 is 0 Å². The summed E-state index contributed by atoms with van der Waals surface area (Å²) in [5.74, 6) is 1.52. The van der Waals surface area contributed by atoms with Crippen LogP contribution in [0.3, 0.4) is 0 Å². The molecule has 0 spiro atoms. The standard InChI is InChI=1S/C17H17N5S/c1-11-10-12(2)22-17(18-11)20-16(21-22)8-6-13-5-7-14(19-13)15-4-3-9-23-15/h3-4,7,9-10H,5-6,8H2,1-2H3. The van der Waals surface area contributed by atoms with Gasteiger partial charge in [0, 0.05) is 29.9 Å². The van der Waals surface area contributed by atoms with Crippen LogP contribution in [0.5, 0.6) is 0 Å². The molecule has 3 aromatic rings. The summed E-state index contributed by atoms with van der Waals surface area (Å²) in [4.78, 5) is 14.9. The monoisotopic (exact) mass is 323 g/mol. The van der Waals surface area contributed by atoms with Gasteiger partial charge in [0.1, 0.15) is 0 Å². The highest BCUT2D eigenvalue weighted by Crippen LogP contribution is 2.27. The average Bonchev–Trinajstić information content (AvgIpc) is 3.24. The molecular weight excluding hydrogens is 306 g/mol. The first-order valence-corrected chi connectivity index (χ1v) is 8.57. The summed E-state index contributed by atoms with van der Waals surface area (Å²) in [5, 5.41) is 6.64. The topological polar surface area (TPSA) is 55.4 Å². The minimum Gasteiger partial charge on any atom is -0.256 e. The summed E-state index contributed by atoms with van der Waals surface area (Å²) < 4.78 is 1.81. The molecule has 0 aliphatic carbocycles. The number of allylic oxidation sites excluding steroid dienone is 1. The summed E-state index contributed by atoms with van der Waals surface area (Å²) in [7, 11) is 0. The quantitative estimate of drug-likeness (QED) is 0.737. The largest absolute Gasteiger partial charge is 0.256 e. The van der Waals surface area contributed by atoms with E-state index >= 15 is 0 Å². The number of fused-ring (bicyclic) bond motifs is 1. The molecule has 0 amide bonds. The zero-order valence-electron chi connectivity index (χ0n) is 13.2. The van der Waals surface area contributed by atoms with E-state index in [1.165, 1.54) is 10.6 Å². The lowest BCUT2D eigenvalue weighted by Crippen LogP contribution is -1.99. The van der Waals surface area contributed by atoms with Crippen molar-refractivity contribution >= 4 is 28.5 Å². The maximum Gasteiger partial charge on any atom is 0.252 e. The molecule has 0 unspecified atom stereocenters. The second-order valence-electron chi connectivity index (χ2n) is 5.73. The second-order valence-corrected chi connectivity index (χ2v) is 6.68. The Labute approximate surface area is 138 Å². The van der Waals surface area contributed by atoms with Crippen molar-refractivity contribution in [2.45, 2.75) is 33.1 Å². The Bertz CT molecular complexity index is 918. The van der Waals surface area contributed by atoms with E-state index in [2.05, 4.69) is 38.7 Å². The molecule has 5 nitrogen and oxygen atoms in total. The first-order valence-electron chi connectivity index (χ1n) is 7.69. The van der Waals surface area contributed by atoms with Gasteiger partial charge in [0.2, 0.25) is 0 Å². The van der Waals surface area contributed by atoms with E-state index in [1.807, 2.05) is 24.4 Å². The van der Waals surface area contributed by atoms with Crippen molar-refractivity contribution in [1.82, 2.24) is 19.6 Å². The predicted octanol–water partition coefficient (Wildman–Crippen LogP) is 3.62. The molecule has 0 aromatic carbocycles. The second kappa shape index (κ2) is 5.70. The lowest BCUT2D eigenvalue weighted by atomic mass is 10.1. The van der Waals surface area contributed by atoms with Gasteiger partial charge in [0.25, 0.3) is 5.78 Å². The molecule has 4 rings (SSSR count). The third-order valence-electron chi connectivity index (χ3n) is 3.88. The number of thiophene rings is 1. The molecule has 0 atom stereocenters. The highest BCUT2D eigenvalue weighted by molar-refractivity contribution is 7.11. The molecule has 1 aliphatic rings. The van der Waals surface area contributed by atoms with Crippen molar-refractivity contribution < 1.29 is 0 Å². The molecule has 6 heteroatoms. The summed E-state index contributed by atoms with van der Waals surface area (Å²) >= 11 is 1.73. The van der Waals surface area contributed by atoms with E-state index in [1.54, 1.807) is 11.3 Å². The zero-order valence-corrected chi connectivity index (χ0v) is 14.0. The molecule has 116 valence electrons. The molecule has 0 saturated heterocycles. The van der Waals surface area contributed by atoms with Crippen LogP contribution in [-0.2, 0) is 6.42 Å². The number of hydrogen-bond acceptors (Lipinski definition) is 5. The van der Waals surface area contributed by atoms with Crippen LogP contribution in [0.4, 0.5) is 0 Å². The number of rotatable bonds is 4. The summed E-state index contributed by atoms with van der Waals surface area (Å²) in [6.45, 7) is 4.00. The Morgan fingerprint density at radius 3 is 2.96 bits per heavy atom. The van der Waals surface area contributed by atoms with Crippen LogP contribution in [0.25, 0.3) is 11.5 Å². The number of aromatic nitrogens is 4. The first kappa shape index (κ1) is 14.3. The number of nitrogens with zero attached hydrogens (tertiary/aromatic N) is 5. The summed E-state index contributed by atoms with van der Waals surface area (Å²) in [6, 6.07) is 6.19. The molecule has 0 radical (unpaired) electrons. The summed E-state index contributed by atoms with van der Waals surface area (Å²) in [5.41, 5.74) is 4.34. The minimum absolute atomic E-state index is 0.684. The van der Waals surface area contributed by atoms with E-state index < -0.39 is 0 Å². The van der Waals surface area contributed by atoms with Crippen LogP contribution >= 0.6 is 11.3 Å². The Balaban J connectivity index is 1.48. The van der Waals surface area contributed by atoms with Gasteiger partial charge in [-0.05, 0) is 37.8 Å². The van der Waals surface area contributed by atoms with E-state index in [0.717, 1.165) is 42.2 Å². The number of hydrogen-bond donors (Lipinski definition) is 0. The van der Waals surface area contributed by atoms with Gasteiger partial charge in [0.05, 0.1) is 10.6 Å². The Morgan fingerprint density at radius 2 is 2.13 bits per heavy atom. The molecular formula is C17H17N5S. The van der Waals surface area contributed by atoms with Crippen molar-refractivity contribution in [3.05, 3.63) is 51.7 Å². The molecule has 3 aromatic heterocycles. The Morgan fingerprint density at radius 1 is 1.22 bits per heavy atom. The Hall–Kier alpha value is -2.34. The molecule has 1 aliphatic heterocycles. The highest BCUT2D eigenvalue weighted by Gasteiger charge is 2.13. The van der Waals surface area contributed by atoms with E-state index in [9.17, 15) is 0 Å². The molecule has 4 heterocycles. The fourth-order valence-corrected chi connectivity index (χ4v) is 3.49.